The molecule has 11 heavy (non-hydrogen) atoms. The molecule has 0 fully saturated rings. The Bertz CT molecular complexity index is 172. The Hall–Kier alpha value is -0.890. The van der Waals surface area contributed by atoms with Gasteiger partial charge in [-0.3, -0.25) is 4.79 Å². The van der Waals surface area contributed by atoms with Crippen molar-refractivity contribution in [3.8, 4) is 0 Å². The highest BCUT2D eigenvalue weighted by atomic mass is 16.3. The van der Waals surface area contributed by atoms with Crippen molar-refractivity contribution < 1.29 is 9.90 Å². The second-order valence-corrected chi connectivity index (χ2v) is 3.05. The fourth-order valence-corrected chi connectivity index (χ4v) is 0.661. The van der Waals surface area contributed by atoms with Crippen LogP contribution in [0.5, 0.6) is 0 Å². The van der Waals surface area contributed by atoms with E-state index in [1.807, 2.05) is 0 Å². The molecular formula is C9H14O2. The lowest BCUT2D eigenvalue weighted by Gasteiger charge is -2.13. The smallest absolute Gasteiger partial charge is 0.158 e. The Balaban J connectivity index is 3.89. The number of ketones is 1. The fourth-order valence-electron chi connectivity index (χ4n) is 0.661. The third-order valence-corrected chi connectivity index (χ3v) is 1.03. The average Bonchev–Trinajstić information content (AvgIpc) is 1.79. The summed E-state index contributed by atoms with van der Waals surface area (Å²) >= 11 is 0. The molecule has 0 amide bonds. The summed E-state index contributed by atoms with van der Waals surface area (Å²) in [4.78, 5) is 10.9. The van der Waals surface area contributed by atoms with Gasteiger partial charge in [-0.15, -0.1) is 0 Å². The van der Waals surface area contributed by atoms with Crippen LogP contribution >= 0.6 is 0 Å². The molecule has 2 heteroatoms. The number of allylic oxidation sites excluding steroid dienone is 3. The van der Waals surface area contributed by atoms with E-state index in [1.54, 1.807) is 19.9 Å². The quantitative estimate of drug-likeness (QED) is 0.491. The van der Waals surface area contributed by atoms with Gasteiger partial charge in [0.15, 0.2) is 5.78 Å². The van der Waals surface area contributed by atoms with E-state index in [1.165, 1.54) is 12.2 Å². The Labute approximate surface area is 67.2 Å². The Kier molecular flexibility index (Phi) is 3.76. The van der Waals surface area contributed by atoms with Crippen LogP contribution < -0.4 is 0 Å². The Morgan fingerprint density at radius 1 is 1.64 bits per heavy atom. The lowest BCUT2D eigenvalue weighted by atomic mass is 10.0. The molecule has 0 unspecified atom stereocenters. The van der Waals surface area contributed by atoms with Crippen molar-refractivity contribution in [1.82, 2.24) is 0 Å². The molecule has 0 atom stereocenters. The molecule has 0 rings (SSSR count). The molecule has 0 aromatic heterocycles. The summed E-state index contributed by atoms with van der Waals surface area (Å²) in [5.74, 6) is -0.0857. The summed E-state index contributed by atoms with van der Waals surface area (Å²) in [5.41, 5.74) is -0.914. The molecule has 0 aliphatic rings. The van der Waals surface area contributed by atoms with E-state index in [2.05, 4.69) is 6.58 Å². The molecule has 0 heterocycles. The lowest BCUT2D eigenvalue weighted by Crippen LogP contribution is -2.22. The van der Waals surface area contributed by atoms with Gasteiger partial charge in [0.2, 0.25) is 0 Å². The molecular weight excluding hydrogens is 140 g/mol. The van der Waals surface area contributed by atoms with Gasteiger partial charge < -0.3 is 5.11 Å². The minimum absolute atomic E-state index is 0.0857. The number of hydrogen-bond donors (Lipinski definition) is 1. The summed E-state index contributed by atoms with van der Waals surface area (Å²) < 4.78 is 0. The van der Waals surface area contributed by atoms with E-state index in [0.29, 0.717) is 0 Å². The zero-order chi connectivity index (χ0) is 8.91. The minimum atomic E-state index is -0.914. The molecule has 1 N–H and O–H groups in total. The number of carbonyl (C=O) groups excluding carboxylic acids is 1. The summed E-state index contributed by atoms with van der Waals surface area (Å²) in [6.07, 6.45) is 4.65. The highest BCUT2D eigenvalue weighted by Crippen LogP contribution is 2.07. The number of carbonyl (C=O) groups is 1. The summed E-state index contributed by atoms with van der Waals surface area (Å²) in [7, 11) is 0. The molecule has 0 aliphatic heterocycles. The molecule has 2 nitrogen and oxygen atoms in total. The molecule has 0 aliphatic carbocycles. The highest BCUT2D eigenvalue weighted by Gasteiger charge is 2.15. The highest BCUT2D eigenvalue weighted by molar-refractivity contribution is 5.90. The molecule has 62 valence electrons. The van der Waals surface area contributed by atoms with Gasteiger partial charge in [-0.05, 0) is 19.9 Å². The average molecular weight is 154 g/mol. The molecule has 0 aromatic carbocycles. The number of rotatable bonds is 4. The molecule has 0 aromatic rings. The maximum Gasteiger partial charge on any atom is 0.158 e. The zero-order valence-corrected chi connectivity index (χ0v) is 7.00. The van der Waals surface area contributed by atoms with Crippen molar-refractivity contribution in [2.24, 2.45) is 0 Å². The van der Waals surface area contributed by atoms with E-state index in [4.69, 9.17) is 0 Å². The fraction of sp³-hybridized carbons (Fsp3) is 0.444. The van der Waals surface area contributed by atoms with Crippen LogP contribution in [0.3, 0.4) is 0 Å². The second kappa shape index (κ2) is 4.09. The van der Waals surface area contributed by atoms with E-state index in [0.717, 1.165) is 0 Å². The van der Waals surface area contributed by atoms with Gasteiger partial charge in [-0.2, -0.15) is 0 Å². The van der Waals surface area contributed by atoms with Crippen molar-refractivity contribution in [3.05, 3.63) is 24.8 Å². The molecule has 0 spiro atoms. The number of aliphatic hydroxyl groups is 1. The topological polar surface area (TPSA) is 37.3 Å². The predicted molar refractivity (Wildman–Crippen MR) is 45.3 cm³/mol. The molecule has 0 bridgehead atoms. The Morgan fingerprint density at radius 2 is 2.18 bits per heavy atom. The summed E-state index contributed by atoms with van der Waals surface area (Å²) in [5, 5.41) is 9.21. The van der Waals surface area contributed by atoms with Gasteiger partial charge in [0.1, 0.15) is 0 Å². The van der Waals surface area contributed by atoms with Crippen molar-refractivity contribution in [2.45, 2.75) is 25.9 Å². The molecule has 0 radical (unpaired) electrons. The SMILES string of the molecule is C=CC=CC(=O)CC(C)(C)O. The predicted octanol–water partition coefficient (Wildman–Crippen LogP) is 1.46. The van der Waals surface area contributed by atoms with E-state index in [9.17, 15) is 9.90 Å². The normalized spacial score (nSPS) is 11.9. The van der Waals surface area contributed by atoms with Gasteiger partial charge in [-0.25, -0.2) is 0 Å². The first-order valence-corrected chi connectivity index (χ1v) is 3.50. The van der Waals surface area contributed by atoms with Crippen molar-refractivity contribution in [2.75, 3.05) is 0 Å². The van der Waals surface area contributed by atoms with E-state index in [-0.39, 0.29) is 12.2 Å². The standard InChI is InChI=1S/C9H14O2/c1-4-5-6-8(10)7-9(2,3)11/h4-6,11H,1,7H2,2-3H3. The lowest BCUT2D eigenvalue weighted by molar-refractivity contribution is -0.118. The number of hydrogen-bond acceptors (Lipinski definition) is 2. The van der Waals surface area contributed by atoms with Crippen LogP contribution in [0.2, 0.25) is 0 Å². The van der Waals surface area contributed by atoms with Crippen molar-refractivity contribution in [1.29, 1.82) is 0 Å². The van der Waals surface area contributed by atoms with Crippen LogP contribution in [0.4, 0.5) is 0 Å². The molecule has 0 saturated heterocycles. The van der Waals surface area contributed by atoms with Crippen molar-refractivity contribution >= 4 is 5.78 Å². The zero-order valence-electron chi connectivity index (χ0n) is 7.00. The first kappa shape index (κ1) is 10.1. The van der Waals surface area contributed by atoms with Gasteiger partial charge in [0, 0.05) is 6.42 Å². The Morgan fingerprint density at radius 3 is 2.55 bits per heavy atom. The van der Waals surface area contributed by atoms with Crippen LogP contribution in [0, 0.1) is 0 Å². The van der Waals surface area contributed by atoms with Crippen molar-refractivity contribution in [3.63, 3.8) is 0 Å². The van der Waals surface area contributed by atoms with Gasteiger partial charge in [-0.1, -0.05) is 18.7 Å². The maximum absolute atomic E-state index is 10.9. The van der Waals surface area contributed by atoms with Crippen LogP contribution in [0.15, 0.2) is 24.8 Å². The minimum Gasteiger partial charge on any atom is -0.390 e. The molecule has 0 saturated carbocycles. The first-order chi connectivity index (χ1) is 4.95. The van der Waals surface area contributed by atoms with Gasteiger partial charge in [0.05, 0.1) is 5.60 Å². The van der Waals surface area contributed by atoms with Crippen LogP contribution in [0.25, 0.3) is 0 Å². The second-order valence-electron chi connectivity index (χ2n) is 3.05. The monoisotopic (exact) mass is 154 g/mol. The maximum atomic E-state index is 10.9. The van der Waals surface area contributed by atoms with Crippen LogP contribution in [-0.2, 0) is 4.79 Å². The first-order valence-electron chi connectivity index (χ1n) is 3.50. The van der Waals surface area contributed by atoms with E-state index < -0.39 is 5.60 Å². The van der Waals surface area contributed by atoms with E-state index >= 15 is 0 Å². The van der Waals surface area contributed by atoms with Crippen LogP contribution in [0.1, 0.15) is 20.3 Å². The summed E-state index contributed by atoms with van der Waals surface area (Å²) in [6.45, 7) is 6.64. The van der Waals surface area contributed by atoms with Gasteiger partial charge >= 0.3 is 0 Å². The largest absolute Gasteiger partial charge is 0.390 e. The third-order valence-electron chi connectivity index (χ3n) is 1.03. The summed E-state index contributed by atoms with van der Waals surface area (Å²) in [6, 6.07) is 0. The third kappa shape index (κ3) is 7.00. The van der Waals surface area contributed by atoms with Crippen LogP contribution in [-0.4, -0.2) is 16.5 Å². The van der Waals surface area contributed by atoms with Gasteiger partial charge in [0.25, 0.3) is 0 Å².